The minimum atomic E-state index is 0.914. The fourth-order valence-corrected chi connectivity index (χ4v) is 2.69. The second-order valence-corrected chi connectivity index (χ2v) is 5.70. The molecule has 0 aromatic heterocycles. The molecule has 2 rings (SSSR count). The van der Waals surface area contributed by atoms with Crippen LogP contribution in [0.5, 0.6) is 0 Å². The molecule has 19 heavy (non-hydrogen) atoms. The van der Waals surface area contributed by atoms with Gasteiger partial charge in [-0.15, -0.1) is 0 Å². The lowest BCUT2D eigenvalue weighted by Gasteiger charge is -2.32. The van der Waals surface area contributed by atoms with Gasteiger partial charge in [0.2, 0.25) is 0 Å². The summed E-state index contributed by atoms with van der Waals surface area (Å²) in [6, 6.07) is 0. The molecule has 0 unspecified atom stereocenters. The molecule has 2 aliphatic heterocycles. The molecule has 2 saturated heterocycles. The number of hydrogen-bond acceptors (Lipinski definition) is 5. The van der Waals surface area contributed by atoms with Crippen molar-refractivity contribution in [3.8, 4) is 0 Å². The van der Waals surface area contributed by atoms with Gasteiger partial charge in [0.05, 0.1) is 13.2 Å². The van der Waals surface area contributed by atoms with Gasteiger partial charge in [0, 0.05) is 52.4 Å². The van der Waals surface area contributed by atoms with Crippen molar-refractivity contribution in [1.29, 1.82) is 0 Å². The lowest BCUT2D eigenvalue weighted by molar-refractivity contribution is 0.0374. The summed E-state index contributed by atoms with van der Waals surface area (Å²) in [5.41, 5.74) is 0. The molecular weight excluding hydrogens is 240 g/mol. The van der Waals surface area contributed by atoms with Gasteiger partial charge in [0.15, 0.2) is 0 Å². The fourth-order valence-electron chi connectivity index (χ4n) is 2.69. The second kappa shape index (κ2) is 8.87. The van der Waals surface area contributed by atoms with Crippen molar-refractivity contribution in [2.24, 2.45) is 0 Å². The van der Waals surface area contributed by atoms with Crippen LogP contribution < -0.4 is 5.32 Å². The Kier molecular flexibility index (Phi) is 7.09. The van der Waals surface area contributed by atoms with Crippen LogP contribution in [0.2, 0.25) is 0 Å². The fraction of sp³-hybridized carbons (Fsp3) is 1.00. The number of nitrogens with zero attached hydrogens (tertiary/aromatic N) is 3. The van der Waals surface area contributed by atoms with Crippen LogP contribution in [0, 0.1) is 0 Å². The van der Waals surface area contributed by atoms with Crippen molar-refractivity contribution in [2.75, 3.05) is 85.7 Å². The Morgan fingerprint density at radius 3 is 2.26 bits per heavy atom. The Balaban J connectivity index is 1.39. The normalized spacial score (nSPS) is 23.8. The quantitative estimate of drug-likeness (QED) is 0.633. The highest BCUT2D eigenvalue weighted by Crippen LogP contribution is 1.98. The van der Waals surface area contributed by atoms with Gasteiger partial charge in [-0.2, -0.15) is 0 Å². The van der Waals surface area contributed by atoms with E-state index in [9.17, 15) is 0 Å². The smallest absolute Gasteiger partial charge is 0.0594 e. The number of rotatable bonds is 7. The molecule has 2 aliphatic rings. The Labute approximate surface area is 117 Å². The van der Waals surface area contributed by atoms with Crippen LogP contribution in [-0.2, 0) is 4.74 Å². The zero-order valence-corrected chi connectivity index (χ0v) is 12.4. The van der Waals surface area contributed by atoms with E-state index in [0.717, 1.165) is 39.4 Å². The first kappa shape index (κ1) is 15.2. The van der Waals surface area contributed by atoms with Gasteiger partial charge in [0.25, 0.3) is 0 Å². The predicted octanol–water partition coefficient (Wildman–Crippen LogP) is -0.454. The van der Waals surface area contributed by atoms with Crippen LogP contribution in [0.1, 0.15) is 6.42 Å². The molecule has 0 aromatic rings. The molecule has 0 bridgehead atoms. The standard InChI is InChI=1S/C14H30N4O/c1-16-7-9-18(10-8-16)6-4-15-3-2-5-17-11-13-19-14-12-17/h15H,2-14H2,1H3. The molecule has 0 aliphatic carbocycles. The van der Waals surface area contributed by atoms with E-state index in [4.69, 9.17) is 4.74 Å². The molecule has 1 N–H and O–H groups in total. The molecule has 2 fully saturated rings. The summed E-state index contributed by atoms with van der Waals surface area (Å²) in [6.07, 6.45) is 1.25. The summed E-state index contributed by atoms with van der Waals surface area (Å²) in [5.74, 6) is 0. The first-order valence-corrected chi connectivity index (χ1v) is 7.76. The summed E-state index contributed by atoms with van der Waals surface area (Å²) < 4.78 is 5.35. The zero-order chi connectivity index (χ0) is 13.3. The van der Waals surface area contributed by atoms with Crippen molar-refractivity contribution in [3.63, 3.8) is 0 Å². The van der Waals surface area contributed by atoms with Crippen LogP contribution in [-0.4, -0.2) is 100 Å². The number of nitrogens with one attached hydrogen (secondary N) is 1. The number of piperazine rings is 1. The first-order valence-electron chi connectivity index (χ1n) is 7.76. The predicted molar refractivity (Wildman–Crippen MR) is 78.7 cm³/mol. The van der Waals surface area contributed by atoms with Gasteiger partial charge in [0.1, 0.15) is 0 Å². The van der Waals surface area contributed by atoms with Crippen molar-refractivity contribution in [2.45, 2.75) is 6.42 Å². The van der Waals surface area contributed by atoms with E-state index in [1.54, 1.807) is 0 Å². The number of likely N-dealkylation sites (N-methyl/N-ethyl adjacent to an activating group) is 1. The number of morpholine rings is 1. The maximum atomic E-state index is 5.35. The van der Waals surface area contributed by atoms with Gasteiger partial charge in [-0.05, 0) is 26.6 Å². The Morgan fingerprint density at radius 2 is 1.53 bits per heavy atom. The third-order valence-electron chi connectivity index (χ3n) is 4.13. The van der Waals surface area contributed by atoms with Gasteiger partial charge in [-0.3, -0.25) is 9.80 Å². The minimum absolute atomic E-state index is 0.914. The third-order valence-corrected chi connectivity index (χ3v) is 4.13. The van der Waals surface area contributed by atoms with Crippen molar-refractivity contribution in [1.82, 2.24) is 20.0 Å². The number of hydrogen-bond donors (Lipinski definition) is 1. The van der Waals surface area contributed by atoms with Crippen LogP contribution in [0.4, 0.5) is 0 Å². The molecule has 5 nitrogen and oxygen atoms in total. The molecule has 2 heterocycles. The highest BCUT2D eigenvalue weighted by Gasteiger charge is 2.12. The van der Waals surface area contributed by atoms with Gasteiger partial charge in [-0.1, -0.05) is 0 Å². The molecule has 0 spiro atoms. The summed E-state index contributed by atoms with van der Waals surface area (Å²) in [5, 5.41) is 3.57. The molecule has 0 aromatic carbocycles. The van der Waals surface area contributed by atoms with E-state index < -0.39 is 0 Å². The molecule has 5 heteroatoms. The van der Waals surface area contributed by atoms with E-state index in [0.29, 0.717) is 0 Å². The molecule has 0 saturated carbocycles. The summed E-state index contributed by atoms with van der Waals surface area (Å²) >= 11 is 0. The van der Waals surface area contributed by atoms with Crippen molar-refractivity contribution >= 4 is 0 Å². The summed E-state index contributed by atoms with van der Waals surface area (Å²) in [7, 11) is 2.21. The minimum Gasteiger partial charge on any atom is -0.379 e. The van der Waals surface area contributed by atoms with E-state index in [-0.39, 0.29) is 0 Å². The van der Waals surface area contributed by atoms with Gasteiger partial charge < -0.3 is 15.0 Å². The largest absolute Gasteiger partial charge is 0.379 e. The second-order valence-electron chi connectivity index (χ2n) is 5.70. The topological polar surface area (TPSA) is 31.0 Å². The van der Waals surface area contributed by atoms with E-state index in [1.807, 2.05) is 0 Å². The van der Waals surface area contributed by atoms with Crippen LogP contribution in [0.15, 0.2) is 0 Å². The summed E-state index contributed by atoms with van der Waals surface area (Å²) in [6.45, 7) is 13.6. The lowest BCUT2D eigenvalue weighted by atomic mass is 10.3. The maximum absolute atomic E-state index is 5.35. The molecular formula is C14H30N4O. The van der Waals surface area contributed by atoms with Crippen LogP contribution in [0.3, 0.4) is 0 Å². The van der Waals surface area contributed by atoms with Crippen LogP contribution >= 0.6 is 0 Å². The van der Waals surface area contributed by atoms with Crippen LogP contribution in [0.25, 0.3) is 0 Å². The molecule has 112 valence electrons. The molecule has 0 atom stereocenters. The van der Waals surface area contributed by atoms with Crippen molar-refractivity contribution in [3.05, 3.63) is 0 Å². The van der Waals surface area contributed by atoms with E-state index >= 15 is 0 Å². The average Bonchev–Trinajstić information content (AvgIpc) is 2.46. The Hall–Kier alpha value is -0.200. The maximum Gasteiger partial charge on any atom is 0.0594 e. The van der Waals surface area contributed by atoms with Crippen molar-refractivity contribution < 1.29 is 4.74 Å². The average molecular weight is 270 g/mol. The van der Waals surface area contributed by atoms with Gasteiger partial charge >= 0.3 is 0 Å². The zero-order valence-electron chi connectivity index (χ0n) is 12.4. The SMILES string of the molecule is CN1CCN(CCNCCCN2CCOCC2)CC1. The monoisotopic (exact) mass is 270 g/mol. The molecule has 0 amide bonds. The van der Waals surface area contributed by atoms with Gasteiger partial charge in [-0.25, -0.2) is 0 Å². The number of ether oxygens (including phenoxy) is 1. The highest BCUT2D eigenvalue weighted by molar-refractivity contribution is 4.70. The summed E-state index contributed by atoms with van der Waals surface area (Å²) in [4.78, 5) is 7.48. The first-order chi connectivity index (χ1) is 9.34. The van der Waals surface area contributed by atoms with E-state index in [2.05, 4.69) is 27.1 Å². The third kappa shape index (κ3) is 6.19. The molecule has 0 radical (unpaired) electrons. The highest BCUT2D eigenvalue weighted by atomic mass is 16.5. The lowest BCUT2D eigenvalue weighted by Crippen LogP contribution is -2.46. The Morgan fingerprint density at radius 1 is 0.842 bits per heavy atom. The van der Waals surface area contributed by atoms with E-state index in [1.165, 1.54) is 45.7 Å². The Bertz CT molecular complexity index is 225.